The fraction of sp³-hybridized carbons (Fsp3) is 0.650. The van der Waals surface area contributed by atoms with E-state index < -0.39 is 19.2 Å². The highest BCUT2D eigenvalue weighted by atomic mass is 31.2. The van der Waals surface area contributed by atoms with Gasteiger partial charge in [-0.2, -0.15) is 0 Å². The summed E-state index contributed by atoms with van der Waals surface area (Å²) in [6, 6.07) is 0. The number of hydrogen-bond donors (Lipinski definition) is 2. The zero-order valence-corrected chi connectivity index (χ0v) is 17.7. The van der Waals surface area contributed by atoms with Gasteiger partial charge in [-0.3, -0.25) is 9.36 Å². The van der Waals surface area contributed by atoms with Crippen LogP contribution < -0.4 is 0 Å². The molecule has 0 rings (SSSR count). The quantitative estimate of drug-likeness (QED) is 0.306. The number of carboxylic acids is 1. The van der Waals surface area contributed by atoms with Gasteiger partial charge < -0.3 is 14.5 Å². The minimum Gasteiger partial charge on any atom is -0.481 e. The molecule has 5 nitrogen and oxygen atoms in total. The van der Waals surface area contributed by atoms with Gasteiger partial charge in [-0.05, 0) is 73.1 Å². The molecule has 0 fully saturated rings. The summed E-state index contributed by atoms with van der Waals surface area (Å²) in [6.07, 6.45) is 11.0. The van der Waals surface area contributed by atoms with Crippen LogP contribution >= 0.6 is 7.60 Å². The Morgan fingerprint density at radius 3 is 1.96 bits per heavy atom. The first-order valence-electron chi connectivity index (χ1n) is 9.24. The maximum absolute atomic E-state index is 11.9. The summed E-state index contributed by atoms with van der Waals surface area (Å²) in [5.74, 6) is -1.29. The first-order chi connectivity index (χ1) is 12.1. The second-order valence-electron chi connectivity index (χ2n) is 6.87. The van der Waals surface area contributed by atoms with Gasteiger partial charge >= 0.3 is 13.6 Å². The Morgan fingerprint density at radius 1 is 1.00 bits per heavy atom. The molecule has 0 aromatic rings. The average molecular weight is 386 g/mol. The molecule has 0 amide bonds. The Balaban J connectivity index is 4.41. The highest BCUT2D eigenvalue weighted by Gasteiger charge is 2.37. The predicted octanol–water partition coefficient (Wildman–Crippen LogP) is 5.86. The van der Waals surface area contributed by atoms with Crippen LogP contribution in [0.5, 0.6) is 0 Å². The van der Waals surface area contributed by atoms with Crippen molar-refractivity contribution >= 4 is 13.6 Å². The van der Waals surface area contributed by atoms with Crippen molar-refractivity contribution in [2.75, 3.05) is 6.61 Å². The molecule has 2 N–H and O–H groups in total. The van der Waals surface area contributed by atoms with E-state index in [1.54, 1.807) is 6.92 Å². The molecule has 0 radical (unpaired) electrons. The van der Waals surface area contributed by atoms with Crippen molar-refractivity contribution < 1.29 is 23.9 Å². The topological polar surface area (TPSA) is 83.8 Å². The predicted molar refractivity (Wildman–Crippen MR) is 108 cm³/mol. The number of carboxylic acid groups (broad SMARTS) is 1. The van der Waals surface area contributed by atoms with Crippen LogP contribution in [0.2, 0.25) is 0 Å². The van der Waals surface area contributed by atoms with Gasteiger partial charge in [0.1, 0.15) is 0 Å². The van der Waals surface area contributed by atoms with Gasteiger partial charge in [-0.1, -0.05) is 34.9 Å². The third-order valence-electron chi connectivity index (χ3n) is 4.05. The lowest BCUT2D eigenvalue weighted by atomic mass is 10.1. The van der Waals surface area contributed by atoms with Gasteiger partial charge in [0.25, 0.3) is 0 Å². The van der Waals surface area contributed by atoms with Crippen LogP contribution in [0.1, 0.15) is 73.1 Å². The molecule has 0 saturated carbocycles. The van der Waals surface area contributed by atoms with E-state index in [4.69, 9.17) is 9.63 Å². The van der Waals surface area contributed by atoms with E-state index in [0.717, 1.165) is 31.3 Å². The molecule has 2 unspecified atom stereocenters. The molecular formula is C20H35O5P. The van der Waals surface area contributed by atoms with Gasteiger partial charge in [0, 0.05) is 0 Å². The van der Waals surface area contributed by atoms with Crippen LogP contribution in [0.4, 0.5) is 0 Å². The van der Waals surface area contributed by atoms with Crippen LogP contribution in [-0.2, 0) is 13.9 Å². The number of aliphatic carboxylic acids is 1. The molecule has 0 bridgehead atoms. The molecule has 0 heterocycles. The van der Waals surface area contributed by atoms with Crippen LogP contribution in [0.3, 0.4) is 0 Å². The van der Waals surface area contributed by atoms with Gasteiger partial charge in [0.15, 0.2) is 5.66 Å². The van der Waals surface area contributed by atoms with E-state index in [2.05, 4.69) is 32.9 Å². The number of rotatable bonds is 13. The Kier molecular flexibility index (Phi) is 12.5. The number of allylic oxidation sites excluding steroid dienone is 6. The van der Waals surface area contributed by atoms with Gasteiger partial charge in [-0.15, -0.1) is 0 Å². The molecule has 0 aromatic heterocycles. The Bertz CT molecular complexity index is 571. The minimum atomic E-state index is -4.11. The van der Waals surface area contributed by atoms with Crippen molar-refractivity contribution in [3.63, 3.8) is 0 Å². The summed E-state index contributed by atoms with van der Waals surface area (Å²) in [5, 5.41) is 9.16. The molecule has 26 heavy (non-hydrogen) atoms. The smallest absolute Gasteiger partial charge is 0.342 e. The highest BCUT2D eigenvalue weighted by Crippen LogP contribution is 2.49. The lowest BCUT2D eigenvalue weighted by molar-refractivity contribution is -0.137. The molecule has 6 heteroatoms. The summed E-state index contributed by atoms with van der Waals surface area (Å²) in [5.41, 5.74) is 2.50. The summed E-state index contributed by atoms with van der Waals surface area (Å²) in [7, 11) is -4.11. The lowest BCUT2D eigenvalue weighted by Crippen LogP contribution is -2.21. The van der Waals surface area contributed by atoms with Gasteiger partial charge in [0.2, 0.25) is 0 Å². The first-order valence-corrected chi connectivity index (χ1v) is 10.9. The number of carbonyl (C=O) groups is 1. The zero-order chi connectivity index (χ0) is 20.2. The van der Waals surface area contributed by atoms with Crippen molar-refractivity contribution in [2.24, 2.45) is 0 Å². The van der Waals surface area contributed by atoms with Crippen molar-refractivity contribution in [3.05, 3.63) is 34.9 Å². The molecular weight excluding hydrogens is 351 g/mol. The SMILES string of the molecule is CCOP(=O)(O)C(CCC=C(C)CCC=C(C)CCC=C(C)C)C(=O)O. The summed E-state index contributed by atoms with van der Waals surface area (Å²) < 4.78 is 16.7. The van der Waals surface area contributed by atoms with E-state index in [1.165, 1.54) is 11.1 Å². The molecule has 2 atom stereocenters. The monoisotopic (exact) mass is 386 g/mol. The Labute approximate surface area is 158 Å². The van der Waals surface area contributed by atoms with Crippen LogP contribution in [0, 0.1) is 0 Å². The molecule has 0 aliphatic carbocycles. The largest absolute Gasteiger partial charge is 0.481 e. The van der Waals surface area contributed by atoms with Gasteiger partial charge in [-0.25, -0.2) is 0 Å². The molecule has 0 saturated heterocycles. The summed E-state index contributed by atoms with van der Waals surface area (Å²) in [6.45, 7) is 9.94. The van der Waals surface area contributed by atoms with E-state index in [9.17, 15) is 14.3 Å². The fourth-order valence-corrected chi connectivity index (χ4v) is 3.83. The van der Waals surface area contributed by atoms with E-state index >= 15 is 0 Å². The van der Waals surface area contributed by atoms with Crippen molar-refractivity contribution in [2.45, 2.75) is 78.8 Å². The van der Waals surface area contributed by atoms with Crippen molar-refractivity contribution in [1.82, 2.24) is 0 Å². The van der Waals surface area contributed by atoms with Crippen LogP contribution in [0.25, 0.3) is 0 Å². The number of hydrogen-bond acceptors (Lipinski definition) is 3. The maximum atomic E-state index is 11.9. The first kappa shape index (κ1) is 24.8. The minimum absolute atomic E-state index is 0.0196. The van der Waals surface area contributed by atoms with E-state index in [-0.39, 0.29) is 13.0 Å². The second kappa shape index (κ2) is 13.1. The lowest BCUT2D eigenvalue weighted by Gasteiger charge is -2.17. The zero-order valence-electron chi connectivity index (χ0n) is 16.8. The average Bonchev–Trinajstić information content (AvgIpc) is 2.50. The molecule has 0 spiro atoms. The van der Waals surface area contributed by atoms with Crippen molar-refractivity contribution in [3.8, 4) is 0 Å². The standard InChI is InChI=1S/C20H35O5P/c1-6-25-26(23,24)19(20(21)22)15-9-14-18(5)13-8-12-17(4)11-7-10-16(2)3/h10,12,14,19H,6-9,11,13,15H2,1-5H3,(H,21,22)(H,23,24). The molecule has 0 aromatic carbocycles. The molecule has 150 valence electrons. The molecule has 0 aliphatic rings. The summed E-state index contributed by atoms with van der Waals surface area (Å²) >= 11 is 0. The highest BCUT2D eigenvalue weighted by molar-refractivity contribution is 7.54. The third kappa shape index (κ3) is 11.5. The second-order valence-corrected chi connectivity index (χ2v) is 8.88. The fourth-order valence-electron chi connectivity index (χ4n) is 2.53. The van der Waals surface area contributed by atoms with Crippen LogP contribution in [-0.4, -0.2) is 28.2 Å². The van der Waals surface area contributed by atoms with Gasteiger partial charge in [0.05, 0.1) is 6.61 Å². The van der Waals surface area contributed by atoms with Crippen molar-refractivity contribution in [1.29, 1.82) is 0 Å². The normalized spacial score (nSPS) is 16.1. The Hall–Kier alpha value is -1.16. The third-order valence-corrected chi connectivity index (χ3v) is 5.94. The van der Waals surface area contributed by atoms with E-state index in [1.807, 2.05) is 13.0 Å². The van der Waals surface area contributed by atoms with E-state index in [0.29, 0.717) is 6.42 Å². The molecule has 0 aliphatic heterocycles. The maximum Gasteiger partial charge on any atom is 0.342 e. The summed E-state index contributed by atoms with van der Waals surface area (Å²) in [4.78, 5) is 21.0. The Morgan fingerprint density at radius 2 is 1.50 bits per heavy atom. The van der Waals surface area contributed by atoms with Crippen LogP contribution in [0.15, 0.2) is 34.9 Å².